The van der Waals surface area contributed by atoms with Crippen LogP contribution in [0.3, 0.4) is 0 Å². The van der Waals surface area contributed by atoms with Crippen LogP contribution >= 0.6 is 0 Å². The number of hydrogen-bond donors (Lipinski definition) is 1. The van der Waals surface area contributed by atoms with Gasteiger partial charge in [-0.25, -0.2) is 0 Å². The van der Waals surface area contributed by atoms with Gasteiger partial charge in [-0.05, 0) is 31.7 Å². The first kappa shape index (κ1) is 10.7. The van der Waals surface area contributed by atoms with Gasteiger partial charge in [-0.1, -0.05) is 0 Å². The Morgan fingerprint density at radius 1 is 1.12 bits per heavy atom. The van der Waals surface area contributed by atoms with Crippen LogP contribution in [-0.4, -0.2) is 22.0 Å². The maximum atomic E-state index is 4.36. The lowest BCUT2D eigenvalue weighted by molar-refractivity contribution is 0.647. The van der Waals surface area contributed by atoms with Crippen molar-refractivity contribution < 1.29 is 0 Å². The third-order valence-corrected chi connectivity index (χ3v) is 2.40. The van der Waals surface area contributed by atoms with Crippen molar-refractivity contribution >= 4 is 0 Å². The number of pyridine rings is 1. The van der Waals surface area contributed by atoms with Crippen molar-refractivity contribution in [2.75, 3.05) is 7.05 Å². The van der Waals surface area contributed by atoms with E-state index in [1.165, 1.54) is 5.56 Å². The van der Waals surface area contributed by atoms with Crippen molar-refractivity contribution in [1.29, 1.82) is 0 Å². The standard InChI is InChI=1S/C12H14N4/c1-9-3-4-15-10(7-9)12(13-2)11-8-14-5-6-16-11/h3-8,12-13H,1-2H3. The van der Waals surface area contributed by atoms with Gasteiger partial charge in [0.15, 0.2) is 0 Å². The van der Waals surface area contributed by atoms with Crippen LogP contribution in [0.4, 0.5) is 0 Å². The molecule has 0 fully saturated rings. The highest BCUT2D eigenvalue weighted by Crippen LogP contribution is 2.17. The Hall–Kier alpha value is -1.81. The molecule has 2 heterocycles. The Morgan fingerprint density at radius 3 is 2.56 bits per heavy atom. The van der Waals surface area contributed by atoms with E-state index in [9.17, 15) is 0 Å². The Bertz CT molecular complexity index is 456. The van der Waals surface area contributed by atoms with Gasteiger partial charge in [0.05, 0.1) is 23.6 Å². The van der Waals surface area contributed by atoms with Crippen LogP contribution in [0, 0.1) is 6.92 Å². The molecule has 0 aliphatic heterocycles. The van der Waals surface area contributed by atoms with Gasteiger partial charge in [0.1, 0.15) is 0 Å². The predicted octanol–water partition coefficient (Wildman–Crippen LogP) is 1.49. The van der Waals surface area contributed by atoms with E-state index in [0.29, 0.717) is 0 Å². The molecule has 0 amide bonds. The Kier molecular flexibility index (Phi) is 3.22. The van der Waals surface area contributed by atoms with Crippen LogP contribution in [0.1, 0.15) is 23.0 Å². The Labute approximate surface area is 94.8 Å². The van der Waals surface area contributed by atoms with E-state index in [-0.39, 0.29) is 6.04 Å². The maximum Gasteiger partial charge on any atom is 0.0938 e. The maximum absolute atomic E-state index is 4.36. The second-order valence-electron chi connectivity index (χ2n) is 3.61. The Morgan fingerprint density at radius 2 is 1.94 bits per heavy atom. The highest BCUT2D eigenvalue weighted by Gasteiger charge is 2.14. The lowest BCUT2D eigenvalue weighted by atomic mass is 10.1. The second kappa shape index (κ2) is 4.81. The lowest BCUT2D eigenvalue weighted by Crippen LogP contribution is -2.20. The highest BCUT2D eigenvalue weighted by atomic mass is 14.9. The smallest absolute Gasteiger partial charge is 0.0938 e. The molecule has 2 aromatic rings. The van der Waals surface area contributed by atoms with Crippen LogP contribution < -0.4 is 5.32 Å². The quantitative estimate of drug-likeness (QED) is 0.841. The molecule has 0 aliphatic rings. The number of hydrogen-bond acceptors (Lipinski definition) is 4. The molecule has 0 spiro atoms. The number of nitrogens with zero attached hydrogens (tertiary/aromatic N) is 3. The third-order valence-electron chi connectivity index (χ3n) is 2.40. The van der Waals surface area contributed by atoms with Crippen molar-refractivity contribution in [3.63, 3.8) is 0 Å². The molecular formula is C12H14N4. The van der Waals surface area contributed by atoms with E-state index < -0.39 is 0 Å². The summed E-state index contributed by atoms with van der Waals surface area (Å²) in [5.41, 5.74) is 3.03. The van der Waals surface area contributed by atoms with E-state index in [2.05, 4.69) is 33.3 Å². The van der Waals surface area contributed by atoms with Crippen molar-refractivity contribution in [3.8, 4) is 0 Å². The molecular weight excluding hydrogens is 200 g/mol. The molecule has 1 unspecified atom stereocenters. The summed E-state index contributed by atoms with van der Waals surface area (Å²) in [6.07, 6.45) is 6.92. The van der Waals surface area contributed by atoms with E-state index in [4.69, 9.17) is 0 Å². The zero-order valence-corrected chi connectivity index (χ0v) is 9.38. The van der Waals surface area contributed by atoms with Gasteiger partial charge >= 0.3 is 0 Å². The van der Waals surface area contributed by atoms with Gasteiger partial charge in [-0.2, -0.15) is 0 Å². The summed E-state index contributed by atoms with van der Waals surface area (Å²) in [6.45, 7) is 2.05. The fourth-order valence-corrected chi connectivity index (χ4v) is 1.62. The Balaban J connectivity index is 2.37. The van der Waals surface area contributed by atoms with E-state index in [0.717, 1.165) is 11.4 Å². The molecule has 0 aliphatic carbocycles. The zero-order chi connectivity index (χ0) is 11.4. The zero-order valence-electron chi connectivity index (χ0n) is 9.38. The summed E-state index contributed by atoms with van der Waals surface area (Å²) < 4.78 is 0. The SMILES string of the molecule is CNC(c1cnccn1)c1cc(C)ccn1. The van der Waals surface area contributed by atoms with Gasteiger partial charge in [-0.15, -0.1) is 0 Å². The third kappa shape index (κ3) is 2.23. The van der Waals surface area contributed by atoms with Gasteiger partial charge in [0.2, 0.25) is 0 Å². The van der Waals surface area contributed by atoms with Crippen molar-refractivity contribution in [3.05, 3.63) is 53.9 Å². The largest absolute Gasteiger partial charge is 0.307 e. The highest BCUT2D eigenvalue weighted by molar-refractivity contribution is 5.23. The average Bonchev–Trinajstić information content (AvgIpc) is 2.31. The van der Waals surface area contributed by atoms with Crippen LogP contribution in [0.25, 0.3) is 0 Å². The second-order valence-corrected chi connectivity index (χ2v) is 3.61. The van der Waals surface area contributed by atoms with Gasteiger partial charge in [0, 0.05) is 18.6 Å². The molecule has 82 valence electrons. The molecule has 1 N–H and O–H groups in total. The van der Waals surface area contributed by atoms with Crippen LogP contribution in [0.2, 0.25) is 0 Å². The molecule has 4 nitrogen and oxygen atoms in total. The summed E-state index contributed by atoms with van der Waals surface area (Å²) >= 11 is 0. The summed E-state index contributed by atoms with van der Waals surface area (Å²) in [5, 5.41) is 3.20. The van der Waals surface area contributed by atoms with Crippen LogP contribution in [0.5, 0.6) is 0 Å². The molecule has 0 saturated carbocycles. The average molecular weight is 214 g/mol. The van der Waals surface area contributed by atoms with E-state index in [1.807, 2.05) is 19.3 Å². The fraction of sp³-hybridized carbons (Fsp3) is 0.250. The summed E-state index contributed by atoms with van der Waals surface area (Å²) in [7, 11) is 1.89. The molecule has 2 rings (SSSR count). The predicted molar refractivity (Wildman–Crippen MR) is 61.9 cm³/mol. The minimum Gasteiger partial charge on any atom is -0.307 e. The fourth-order valence-electron chi connectivity index (χ4n) is 1.62. The first-order valence-corrected chi connectivity index (χ1v) is 5.17. The first-order chi connectivity index (χ1) is 7.81. The topological polar surface area (TPSA) is 50.7 Å². The monoisotopic (exact) mass is 214 g/mol. The summed E-state index contributed by atoms with van der Waals surface area (Å²) in [4.78, 5) is 12.7. The van der Waals surface area contributed by atoms with Crippen LogP contribution in [-0.2, 0) is 0 Å². The number of aromatic nitrogens is 3. The van der Waals surface area contributed by atoms with Gasteiger partial charge in [0.25, 0.3) is 0 Å². The number of nitrogens with one attached hydrogen (secondary N) is 1. The van der Waals surface area contributed by atoms with E-state index >= 15 is 0 Å². The van der Waals surface area contributed by atoms with Gasteiger partial charge in [-0.3, -0.25) is 15.0 Å². The van der Waals surface area contributed by atoms with E-state index in [1.54, 1.807) is 18.6 Å². The van der Waals surface area contributed by atoms with Crippen molar-refractivity contribution in [2.45, 2.75) is 13.0 Å². The molecule has 0 radical (unpaired) electrons. The molecule has 0 saturated heterocycles. The molecule has 2 aromatic heterocycles. The normalized spacial score (nSPS) is 12.4. The molecule has 16 heavy (non-hydrogen) atoms. The molecule has 0 bridgehead atoms. The number of rotatable bonds is 3. The van der Waals surface area contributed by atoms with Crippen molar-refractivity contribution in [2.24, 2.45) is 0 Å². The minimum atomic E-state index is -0.00593. The molecule has 1 atom stereocenters. The first-order valence-electron chi connectivity index (χ1n) is 5.17. The van der Waals surface area contributed by atoms with Crippen LogP contribution in [0.15, 0.2) is 36.9 Å². The summed E-state index contributed by atoms with van der Waals surface area (Å²) in [5.74, 6) is 0. The minimum absolute atomic E-state index is 0.00593. The van der Waals surface area contributed by atoms with Gasteiger partial charge < -0.3 is 5.32 Å². The lowest BCUT2D eigenvalue weighted by Gasteiger charge is -2.14. The van der Waals surface area contributed by atoms with Crippen molar-refractivity contribution in [1.82, 2.24) is 20.3 Å². The number of aryl methyl sites for hydroxylation is 1. The molecule has 0 aromatic carbocycles. The summed E-state index contributed by atoms with van der Waals surface area (Å²) in [6, 6.07) is 4.02. The molecule has 4 heteroatoms.